The van der Waals surface area contributed by atoms with Gasteiger partial charge in [0, 0.05) is 44.7 Å². The molecule has 2 heterocycles. The lowest BCUT2D eigenvalue weighted by molar-refractivity contribution is -0.129. The molecule has 2 aromatic rings. The summed E-state index contributed by atoms with van der Waals surface area (Å²) in [5.41, 5.74) is 5.01. The van der Waals surface area contributed by atoms with E-state index in [4.69, 9.17) is 4.98 Å². The average Bonchev–Trinajstić information content (AvgIpc) is 2.70. The maximum Gasteiger partial charge on any atom is 0.236 e. The van der Waals surface area contributed by atoms with Gasteiger partial charge in [0.05, 0.1) is 12.1 Å². The van der Waals surface area contributed by atoms with E-state index in [9.17, 15) is 4.79 Å². The first-order chi connectivity index (χ1) is 10.6. The van der Waals surface area contributed by atoms with Crippen molar-refractivity contribution in [3.05, 3.63) is 41.1 Å². The molecule has 1 aliphatic heterocycles. The fraction of sp³-hybridized carbons (Fsp3) is 0.444. The lowest BCUT2D eigenvalue weighted by atomic mass is 9.99. The predicted octanol–water partition coefficient (Wildman–Crippen LogP) is 2.88. The van der Waals surface area contributed by atoms with Crippen molar-refractivity contribution in [3.8, 4) is 0 Å². The second kappa shape index (κ2) is 8.65. The third kappa shape index (κ3) is 4.18. The molecule has 1 aromatic carbocycles. The van der Waals surface area contributed by atoms with Gasteiger partial charge in [-0.15, -0.1) is 24.8 Å². The Morgan fingerprint density at radius 1 is 1.17 bits per heavy atom. The predicted molar refractivity (Wildman–Crippen MR) is 104 cm³/mol. The van der Waals surface area contributed by atoms with E-state index in [0.717, 1.165) is 31.4 Å². The summed E-state index contributed by atoms with van der Waals surface area (Å²) in [5, 5.41) is 1.25. The van der Waals surface area contributed by atoms with Gasteiger partial charge in [-0.25, -0.2) is 0 Å². The molecule has 0 N–H and O–H groups in total. The fourth-order valence-electron chi connectivity index (χ4n) is 3.16. The number of hydrogen-bond donors (Lipinski definition) is 0. The van der Waals surface area contributed by atoms with Gasteiger partial charge in [-0.1, -0.05) is 18.2 Å². The SMILES string of the molecule is Cc1c2c(nc3ccccc13)CCN(CC(=O)N(C)C)CC2.Cl.Cl. The smallest absolute Gasteiger partial charge is 0.236 e. The van der Waals surface area contributed by atoms with Crippen molar-refractivity contribution in [1.29, 1.82) is 0 Å². The minimum Gasteiger partial charge on any atom is -0.348 e. The third-order valence-corrected chi connectivity index (χ3v) is 4.57. The van der Waals surface area contributed by atoms with Crippen LogP contribution in [-0.4, -0.2) is 54.4 Å². The molecule has 0 fully saturated rings. The maximum atomic E-state index is 11.9. The highest BCUT2D eigenvalue weighted by molar-refractivity contribution is 5.85. The number of para-hydroxylation sites is 1. The largest absolute Gasteiger partial charge is 0.348 e. The van der Waals surface area contributed by atoms with Crippen LogP contribution in [0.15, 0.2) is 24.3 Å². The van der Waals surface area contributed by atoms with E-state index in [2.05, 4.69) is 30.0 Å². The standard InChI is InChI=1S/C18H23N3O.2ClH/c1-13-14-6-4-5-7-16(14)19-17-9-11-21(10-8-15(13)17)12-18(22)20(2)3;;/h4-7H,8-12H2,1-3H3;2*1H. The van der Waals surface area contributed by atoms with Crippen molar-refractivity contribution >= 4 is 41.6 Å². The van der Waals surface area contributed by atoms with E-state index >= 15 is 0 Å². The van der Waals surface area contributed by atoms with Gasteiger partial charge in [-0.3, -0.25) is 14.7 Å². The van der Waals surface area contributed by atoms with Crippen molar-refractivity contribution in [2.24, 2.45) is 0 Å². The molecule has 6 heteroatoms. The summed E-state index contributed by atoms with van der Waals surface area (Å²) in [6.07, 6.45) is 1.89. The van der Waals surface area contributed by atoms with Crippen LogP contribution in [0, 0.1) is 6.92 Å². The molecule has 0 bridgehead atoms. The van der Waals surface area contributed by atoms with Crippen LogP contribution in [0.2, 0.25) is 0 Å². The zero-order chi connectivity index (χ0) is 15.7. The number of amides is 1. The van der Waals surface area contributed by atoms with Gasteiger partial charge in [0.2, 0.25) is 5.91 Å². The maximum absolute atomic E-state index is 11.9. The summed E-state index contributed by atoms with van der Waals surface area (Å²) in [5.74, 6) is 0.167. The Bertz CT molecular complexity index is 719. The molecule has 24 heavy (non-hydrogen) atoms. The lowest BCUT2D eigenvalue weighted by Crippen LogP contribution is -2.37. The number of pyridine rings is 1. The molecule has 0 atom stereocenters. The summed E-state index contributed by atoms with van der Waals surface area (Å²) < 4.78 is 0. The summed E-state index contributed by atoms with van der Waals surface area (Å²) in [4.78, 5) is 20.7. The molecule has 0 spiro atoms. The van der Waals surface area contributed by atoms with E-state index in [0.29, 0.717) is 6.54 Å². The zero-order valence-electron chi connectivity index (χ0n) is 14.4. The molecule has 3 rings (SSSR count). The van der Waals surface area contributed by atoms with Crippen LogP contribution in [0.3, 0.4) is 0 Å². The Morgan fingerprint density at radius 3 is 2.54 bits per heavy atom. The normalized spacial score (nSPS) is 14.1. The van der Waals surface area contributed by atoms with Crippen LogP contribution in [0.25, 0.3) is 10.9 Å². The van der Waals surface area contributed by atoms with Crippen molar-refractivity contribution in [2.45, 2.75) is 19.8 Å². The Morgan fingerprint density at radius 2 is 1.83 bits per heavy atom. The average molecular weight is 370 g/mol. The van der Waals surface area contributed by atoms with Crippen LogP contribution >= 0.6 is 24.8 Å². The van der Waals surface area contributed by atoms with E-state index in [1.54, 1.807) is 4.90 Å². The monoisotopic (exact) mass is 369 g/mol. The highest BCUT2D eigenvalue weighted by Crippen LogP contribution is 2.25. The van der Waals surface area contributed by atoms with Gasteiger partial charge in [0.15, 0.2) is 0 Å². The molecule has 4 nitrogen and oxygen atoms in total. The van der Waals surface area contributed by atoms with Gasteiger partial charge in [0.1, 0.15) is 0 Å². The quantitative estimate of drug-likeness (QED) is 0.816. The highest BCUT2D eigenvalue weighted by Gasteiger charge is 2.20. The first-order valence-electron chi connectivity index (χ1n) is 7.86. The van der Waals surface area contributed by atoms with Crippen molar-refractivity contribution in [2.75, 3.05) is 33.7 Å². The number of benzene rings is 1. The van der Waals surface area contributed by atoms with Crippen LogP contribution in [0.1, 0.15) is 16.8 Å². The van der Waals surface area contributed by atoms with Gasteiger partial charge in [-0.05, 0) is 30.5 Å². The molecule has 1 aliphatic rings. The lowest BCUT2D eigenvalue weighted by Gasteiger charge is -2.21. The first-order valence-corrected chi connectivity index (χ1v) is 7.86. The number of fused-ring (bicyclic) bond motifs is 2. The summed E-state index contributed by atoms with van der Waals surface area (Å²) >= 11 is 0. The molecular formula is C18H25Cl2N3O. The second-order valence-electron chi connectivity index (χ2n) is 6.24. The molecule has 0 unspecified atom stereocenters. The minimum absolute atomic E-state index is 0. The van der Waals surface area contributed by atoms with Crippen LogP contribution < -0.4 is 0 Å². The number of carbonyl (C=O) groups excluding carboxylic acids is 1. The van der Waals surface area contributed by atoms with Gasteiger partial charge in [-0.2, -0.15) is 0 Å². The zero-order valence-corrected chi connectivity index (χ0v) is 16.0. The van der Waals surface area contributed by atoms with Crippen LogP contribution in [-0.2, 0) is 17.6 Å². The van der Waals surface area contributed by atoms with Crippen molar-refractivity contribution in [3.63, 3.8) is 0 Å². The Hall–Kier alpha value is -1.36. The number of likely N-dealkylation sites (N-methyl/N-ethyl adjacent to an activating group) is 1. The van der Waals surface area contributed by atoms with Crippen molar-refractivity contribution < 1.29 is 4.79 Å². The van der Waals surface area contributed by atoms with Crippen molar-refractivity contribution in [1.82, 2.24) is 14.8 Å². The molecular weight excluding hydrogens is 345 g/mol. The summed E-state index contributed by atoms with van der Waals surface area (Å²) in [7, 11) is 3.63. The number of aryl methyl sites for hydroxylation is 1. The summed E-state index contributed by atoms with van der Waals surface area (Å²) in [6, 6.07) is 8.35. The topological polar surface area (TPSA) is 36.4 Å². The molecule has 0 radical (unpaired) electrons. The minimum atomic E-state index is 0. The number of halogens is 2. The number of aromatic nitrogens is 1. The van der Waals surface area contributed by atoms with E-state index < -0.39 is 0 Å². The number of hydrogen-bond acceptors (Lipinski definition) is 3. The first kappa shape index (κ1) is 20.7. The number of carbonyl (C=O) groups is 1. The van der Waals surface area contributed by atoms with Gasteiger partial charge in [0.25, 0.3) is 0 Å². The Labute approximate surface area is 156 Å². The fourth-order valence-corrected chi connectivity index (χ4v) is 3.16. The van der Waals surface area contributed by atoms with Gasteiger partial charge < -0.3 is 4.90 Å². The highest BCUT2D eigenvalue weighted by atomic mass is 35.5. The van der Waals surface area contributed by atoms with E-state index in [1.165, 1.54) is 22.2 Å². The molecule has 0 saturated heterocycles. The number of nitrogens with zero attached hydrogens (tertiary/aromatic N) is 3. The molecule has 0 saturated carbocycles. The number of rotatable bonds is 2. The Kier molecular flexibility index (Phi) is 7.46. The van der Waals surface area contributed by atoms with E-state index in [1.807, 2.05) is 20.2 Å². The van der Waals surface area contributed by atoms with Gasteiger partial charge >= 0.3 is 0 Å². The Balaban J connectivity index is 0.00000144. The third-order valence-electron chi connectivity index (χ3n) is 4.57. The van der Waals surface area contributed by atoms with Crippen LogP contribution in [0.5, 0.6) is 0 Å². The molecule has 0 aliphatic carbocycles. The molecule has 1 amide bonds. The molecule has 132 valence electrons. The summed E-state index contributed by atoms with van der Waals surface area (Å²) in [6.45, 7) is 4.52. The second-order valence-corrected chi connectivity index (χ2v) is 6.24. The van der Waals surface area contributed by atoms with E-state index in [-0.39, 0.29) is 30.7 Å². The molecule has 1 aromatic heterocycles. The van der Waals surface area contributed by atoms with Crippen LogP contribution in [0.4, 0.5) is 0 Å².